The minimum atomic E-state index is -1.37. The molecule has 1 aliphatic heterocycles. The Kier molecular flexibility index (Phi) is 13.7. The Labute approximate surface area is 348 Å². The number of amidine groups is 1. The summed E-state index contributed by atoms with van der Waals surface area (Å²) < 4.78 is 11.7. The zero-order valence-electron chi connectivity index (χ0n) is 33.2. The van der Waals surface area contributed by atoms with Gasteiger partial charge in [0, 0.05) is 21.8 Å². The van der Waals surface area contributed by atoms with Crippen molar-refractivity contribution in [3.63, 3.8) is 0 Å². The highest BCUT2D eigenvalue weighted by molar-refractivity contribution is 6.43. The van der Waals surface area contributed by atoms with E-state index in [9.17, 15) is 14.4 Å². The van der Waals surface area contributed by atoms with Gasteiger partial charge in [-0.15, -0.1) is 5.10 Å². The first-order valence-electron chi connectivity index (χ1n) is 18.7. The number of amides is 3. The number of rotatable bonds is 14. The fraction of sp³-hybridized carbons (Fsp3) is 0.349. The molecule has 0 aliphatic carbocycles. The van der Waals surface area contributed by atoms with Gasteiger partial charge in [-0.1, -0.05) is 101 Å². The van der Waals surface area contributed by atoms with Crippen molar-refractivity contribution in [3.8, 4) is 11.5 Å². The van der Waals surface area contributed by atoms with Crippen LogP contribution in [0.4, 0.5) is 17.1 Å². The predicted octanol–water partition coefficient (Wildman–Crippen LogP) is 11.1. The zero-order valence-corrected chi connectivity index (χ0v) is 35.5. The van der Waals surface area contributed by atoms with E-state index in [1.54, 1.807) is 49.6 Å². The fourth-order valence-corrected chi connectivity index (χ4v) is 6.89. The lowest BCUT2D eigenvalue weighted by molar-refractivity contribution is -0.123. The van der Waals surface area contributed by atoms with Gasteiger partial charge in [0.25, 0.3) is 17.7 Å². The monoisotopic (exact) mass is 832 g/mol. The number of nitrogens with zero attached hydrogens (tertiary/aromatic N) is 4. The average Bonchev–Trinajstić information content (AvgIpc) is 3.48. The number of nitrogens with one attached hydrogen (secondary N) is 2. The molecule has 14 heteroatoms. The summed E-state index contributed by atoms with van der Waals surface area (Å²) >= 11 is 19.0. The van der Waals surface area contributed by atoms with Crippen LogP contribution >= 0.6 is 34.8 Å². The van der Waals surface area contributed by atoms with Gasteiger partial charge in [-0.25, -0.2) is 0 Å². The number of hydrogen-bond acceptors (Lipinski definition) is 8. The Hall–Kier alpha value is -4.97. The summed E-state index contributed by atoms with van der Waals surface area (Å²) in [5, 5.41) is 19.8. The first-order valence-corrected chi connectivity index (χ1v) is 19.8. The number of anilines is 2. The highest BCUT2D eigenvalue weighted by atomic mass is 35.5. The van der Waals surface area contributed by atoms with Crippen molar-refractivity contribution in [3.05, 3.63) is 111 Å². The third-order valence-electron chi connectivity index (χ3n) is 10.3. The lowest BCUT2D eigenvalue weighted by Crippen LogP contribution is -2.39. The van der Waals surface area contributed by atoms with Crippen molar-refractivity contribution < 1.29 is 23.9 Å². The first-order chi connectivity index (χ1) is 27.0. The van der Waals surface area contributed by atoms with Gasteiger partial charge in [0.2, 0.25) is 6.04 Å². The van der Waals surface area contributed by atoms with Gasteiger partial charge in [0.05, 0.1) is 22.8 Å². The Morgan fingerprint density at radius 3 is 2.16 bits per heavy atom. The lowest BCUT2D eigenvalue weighted by atomic mass is 9.76. The van der Waals surface area contributed by atoms with Crippen molar-refractivity contribution in [2.45, 2.75) is 90.7 Å². The highest BCUT2D eigenvalue weighted by Gasteiger charge is 2.40. The molecule has 4 aromatic rings. The molecule has 0 saturated carbocycles. The molecule has 11 nitrogen and oxygen atoms in total. The SMILES string of the molecule is CCC(Oc1ccc(C(C)(C)CC)cc1C(C)(C)CC)C(=O)Nc1cccc(C(=O)NC2=NN(c3c(Cl)cc(Cl)cc3Cl)C(=O)C2N=Nc2ccc(OC)cc2)c1. The number of carbonyl (C=O) groups excluding carboxylic acids is 3. The highest BCUT2D eigenvalue weighted by Crippen LogP contribution is 2.40. The second-order valence-corrected chi connectivity index (χ2v) is 16.1. The second-order valence-electron chi connectivity index (χ2n) is 14.9. The van der Waals surface area contributed by atoms with Gasteiger partial charge in [-0.05, 0) is 96.3 Å². The number of azo groups is 1. The molecule has 2 unspecified atom stereocenters. The molecular formula is C43H47Cl3N6O5. The maximum absolute atomic E-state index is 13.8. The van der Waals surface area contributed by atoms with Crippen LogP contribution in [-0.4, -0.2) is 42.8 Å². The van der Waals surface area contributed by atoms with Crippen LogP contribution in [0.25, 0.3) is 0 Å². The zero-order chi connectivity index (χ0) is 41.7. The maximum Gasteiger partial charge on any atom is 0.282 e. The summed E-state index contributed by atoms with van der Waals surface area (Å²) in [6.07, 6.45) is 1.44. The number of benzene rings is 4. The van der Waals surface area contributed by atoms with E-state index in [-0.39, 0.29) is 48.9 Å². The summed E-state index contributed by atoms with van der Waals surface area (Å²) in [4.78, 5) is 41.2. The number of methoxy groups -OCH3 is 1. The molecule has 4 aromatic carbocycles. The molecule has 57 heavy (non-hydrogen) atoms. The summed E-state index contributed by atoms with van der Waals surface area (Å²) in [5.74, 6) is -0.519. The van der Waals surface area contributed by atoms with Crippen molar-refractivity contribution in [2.24, 2.45) is 15.3 Å². The van der Waals surface area contributed by atoms with E-state index in [1.807, 2.05) is 13.0 Å². The average molecular weight is 834 g/mol. The van der Waals surface area contributed by atoms with E-state index in [4.69, 9.17) is 44.3 Å². The van der Waals surface area contributed by atoms with Crippen molar-refractivity contribution in [2.75, 3.05) is 17.4 Å². The van der Waals surface area contributed by atoms with E-state index >= 15 is 0 Å². The molecule has 1 heterocycles. The number of hydrazone groups is 1. The Balaban J connectivity index is 1.38. The number of carbonyl (C=O) groups is 3. The van der Waals surface area contributed by atoms with Gasteiger partial charge >= 0.3 is 0 Å². The molecule has 0 aromatic heterocycles. The molecule has 0 saturated heterocycles. The van der Waals surface area contributed by atoms with Crippen LogP contribution in [0.2, 0.25) is 15.1 Å². The van der Waals surface area contributed by atoms with Crippen molar-refractivity contribution in [1.29, 1.82) is 0 Å². The molecule has 0 radical (unpaired) electrons. The van der Waals surface area contributed by atoms with Crippen LogP contribution in [0, 0.1) is 0 Å². The Morgan fingerprint density at radius 1 is 0.877 bits per heavy atom. The summed E-state index contributed by atoms with van der Waals surface area (Å²) in [6, 6.07) is 20.8. The van der Waals surface area contributed by atoms with E-state index in [0.717, 1.165) is 23.4 Å². The van der Waals surface area contributed by atoms with Crippen LogP contribution in [-0.2, 0) is 20.4 Å². The topological polar surface area (TPSA) is 134 Å². The Bertz CT molecular complexity index is 2180. The normalized spacial score (nSPS) is 15.1. The Morgan fingerprint density at radius 2 is 1.54 bits per heavy atom. The van der Waals surface area contributed by atoms with E-state index in [2.05, 4.69) is 79.6 Å². The first kappa shape index (κ1) is 43.2. The molecule has 0 spiro atoms. The van der Waals surface area contributed by atoms with Crippen molar-refractivity contribution in [1.82, 2.24) is 5.32 Å². The third-order valence-corrected chi connectivity index (χ3v) is 11.1. The van der Waals surface area contributed by atoms with Crippen LogP contribution in [0.15, 0.2) is 94.2 Å². The van der Waals surface area contributed by atoms with Gasteiger partial charge in [0.15, 0.2) is 11.9 Å². The molecule has 2 N–H and O–H groups in total. The molecule has 300 valence electrons. The van der Waals surface area contributed by atoms with Gasteiger partial charge in [0.1, 0.15) is 17.2 Å². The van der Waals surface area contributed by atoms with Crippen LogP contribution in [0.5, 0.6) is 11.5 Å². The van der Waals surface area contributed by atoms with Gasteiger partial charge in [-0.3, -0.25) is 14.4 Å². The molecule has 0 fully saturated rings. The summed E-state index contributed by atoms with van der Waals surface area (Å²) in [7, 11) is 1.54. The van der Waals surface area contributed by atoms with Gasteiger partial charge < -0.3 is 20.1 Å². The second kappa shape index (κ2) is 18.1. The van der Waals surface area contributed by atoms with Gasteiger partial charge in [-0.2, -0.15) is 15.2 Å². The largest absolute Gasteiger partial charge is 0.497 e. The van der Waals surface area contributed by atoms with E-state index in [0.29, 0.717) is 29.3 Å². The number of hydrogen-bond donors (Lipinski definition) is 2. The molecule has 2 atom stereocenters. The summed E-state index contributed by atoms with van der Waals surface area (Å²) in [5.41, 5.74) is 3.07. The molecule has 0 bridgehead atoms. The lowest BCUT2D eigenvalue weighted by Gasteiger charge is -2.31. The smallest absolute Gasteiger partial charge is 0.282 e. The third kappa shape index (κ3) is 9.95. The van der Waals surface area contributed by atoms with Crippen LogP contribution in [0.3, 0.4) is 0 Å². The summed E-state index contributed by atoms with van der Waals surface area (Å²) in [6.45, 7) is 15.0. The van der Waals surface area contributed by atoms with Crippen LogP contribution < -0.4 is 25.1 Å². The molecule has 3 amide bonds. The molecular weight excluding hydrogens is 787 g/mol. The molecule has 1 aliphatic rings. The minimum Gasteiger partial charge on any atom is -0.497 e. The fourth-order valence-electron chi connectivity index (χ4n) is 5.91. The minimum absolute atomic E-state index is 0.0182. The quantitative estimate of drug-likeness (QED) is 0.122. The van der Waals surface area contributed by atoms with E-state index in [1.165, 1.54) is 23.8 Å². The number of halogens is 3. The predicted molar refractivity (Wildman–Crippen MR) is 228 cm³/mol. The molecule has 5 rings (SSSR count). The van der Waals surface area contributed by atoms with Crippen molar-refractivity contribution >= 4 is 75.4 Å². The standard InChI is InChI=1S/C43H47Cl3N6O5/c1-9-34(57-35-20-15-26(42(4,5)10-2)22-31(35)43(6,7)11-3)40(54)47-29-14-12-13-25(21-29)39(53)48-38-36(50-49-28-16-18-30(56-8)19-17-28)41(55)52(51-38)37-32(45)23-27(44)24-33(37)46/h12-24,34,36H,9-11H2,1-8H3,(H,47,54)(H,48,51,53). The maximum atomic E-state index is 13.8. The number of ether oxygens (including phenoxy) is 2. The van der Waals surface area contributed by atoms with Crippen LogP contribution in [0.1, 0.15) is 89.2 Å². The van der Waals surface area contributed by atoms with E-state index < -0.39 is 24.0 Å².